The summed E-state index contributed by atoms with van der Waals surface area (Å²) in [6.07, 6.45) is 3.77. The van der Waals surface area contributed by atoms with Crippen molar-refractivity contribution in [3.8, 4) is 0 Å². The highest BCUT2D eigenvalue weighted by Gasteiger charge is 2.24. The fourth-order valence-corrected chi connectivity index (χ4v) is 2.50. The molecule has 1 rings (SSSR count). The summed E-state index contributed by atoms with van der Waals surface area (Å²) in [5.74, 6) is 0.0700. The van der Waals surface area contributed by atoms with E-state index in [2.05, 4.69) is 31.1 Å². The summed E-state index contributed by atoms with van der Waals surface area (Å²) in [5.41, 5.74) is 0. The molecule has 0 aromatic carbocycles. The number of nitrogens with zero attached hydrogens (tertiary/aromatic N) is 1. The molecule has 1 heterocycles. The molecule has 0 radical (unpaired) electrons. The number of thiazole rings is 1. The number of aryl methyl sites for hydroxylation is 1. The van der Waals surface area contributed by atoms with Gasteiger partial charge in [-0.1, -0.05) is 27.2 Å². The Balaban J connectivity index is 2.58. The van der Waals surface area contributed by atoms with E-state index in [4.69, 9.17) is 4.74 Å². The highest BCUT2D eigenvalue weighted by Crippen LogP contribution is 2.15. The normalized spacial score (nSPS) is 14.2. The number of carbonyl (C=O) groups excluding carboxylic acids is 1. The van der Waals surface area contributed by atoms with Crippen LogP contribution in [0.1, 0.15) is 37.1 Å². The smallest absolute Gasteiger partial charge is 0.323 e. The second-order valence-corrected chi connectivity index (χ2v) is 5.54. The van der Waals surface area contributed by atoms with Gasteiger partial charge in [0.2, 0.25) is 0 Å². The number of ether oxygens (including phenoxy) is 1. The van der Waals surface area contributed by atoms with E-state index in [0.717, 1.165) is 22.7 Å². The summed E-state index contributed by atoms with van der Waals surface area (Å²) in [4.78, 5) is 17.2. The van der Waals surface area contributed by atoms with Gasteiger partial charge in [-0.2, -0.15) is 0 Å². The van der Waals surface area contributed by atoms with E-state index in [1.165, 1.54) is 7.11 Å². The maximum Gasteiger partial charge on any atom is 0.323 e. The maximum absolute atomic E-state index is 11.7. The Kier molecular flexibility index (Phi) is 6.29. The van der Waals surface area contributed by atoms with Crippen molar-refractivity contribution < 1.29 is 9.53 Å². The van der Waals surface area contributed by atoms with Crippen LogP contribution in [0.2, 0.25) is 0 Å². The van der Waals surface area contributed by atoms with E-state index >= 15 is 0 Å². The van der Waals surface area contributed by atoms with E-state index in [-0.39, 0.29) is 17.9 Å². The predicted molar refractivity (Wildman–Crippen MR) is 73.6 cm³/mol. The Morgan fingerprint density at radius 3 is 2.78 bits per heavy atom. The van der Waals surface area contributed by atoms with Gasteiger partial charge < -0.3 is 4.74 Å². The quantitative estimate of drug-likeness (QED) is 0.773. The number of aromatic nitrogens is 1. The third-order valence-electron chi connectivity index (χ3n) is 3.07. The van der Waals surface area contributed by atoms with Gasteiger partial charge in [0.1, 0.15) is 6.04 Å². The number of rotatable bonds is 7. The minimum absolute atomic E-state index is 0.190. The van der Waals surface area contributed by atoms with Crippen molar-refractivity contribution in [2.45, 2.75) is 46.2 Å². The molecule has 5 heteroatoms. The van der Waals surface area contributed by atoms with Crippen LogP contribution in [0.25, 0.3) is 0 Å². The number of nitrogens with one attached hydrogen (secondary N) is 1. The SMILES string of the molecule is CCc1ncc(CNC(C(=O)OC)C(C)CC)s1. The lowest BCUT2D eigenvalue weighted by Crippen LogP contribution is -2.42. The molecule has 0 aliphatic carbocycles. The van der Waals surface area contributed by atoms with Gasteiger partial charge in [-0.15, -0.1) is 11.3 Å². The predicted octanol–water partition coefficient (Wildman–Crippen LogP) is 2.38. The van der Waals surface area contributed by atoms with Crippen molar-refractivity contribution in [3.63, 3.8) is 0 Å². The number of carbonyl (C=O) groups is 1. The summed E-state index contributed by atoms with van der Waals surface area (Å²) >= 11 is 1.69. The highest BCUT2D eigenvalue weighted by atomic mass is 32.1. The van der Waals surface area contributed by atoms with Crippen LogP contribution in [-0.4, -0.2) is 24.1 Å². The van der Waals surface area contributed by atoms with Crippen LogP contribution in [0.15, 0.2) is 6.20 Å². The van der Waals surface area contributed by atoms with E-state index < -0.39 is 0 Å². The molecular formula is C13H22N2O2S. The summed E-state index contributed by atoms with van der Waals surface area (Å²) in [5, 5.41) is 4.40. The summed E-state index contributed by atoms with van der Waals surface area (Å²) in [6, 6.07) is -0.243. The fraction of sp³-hybridized carbons (Fsp3) is 0.692. The first kappa shape index (κ1) is 15.1. The van der Waals surface area contributed by atoms with Crippen LogP contribution in [-0.2, 0) is 22.5 Å². The summed E-state index contributed by atoms with van der Waals surface area (Å²) in [6.45, 7) is 6.89. The molecule has 0 aliphatic heterocycles. The maximum atomic E-state index is 11.7. The molecule has 2 unspecified atom stereocenters. The molecule has 1 N–H and O–H groups in total. The number of hydrogen-bond acceptors (Lipinski definition) is 5. The zero-order valence-electron chi connectivity index (χ0n) is 11.5. The molecular weight excluding hydrogens is 248 g/mol. The Bertz CT molecular complexity index is 379. The third kappa shape index (κ3) is 4.07. The molecule has 102 valence electrons. The number of hydrogen-bond donors (Lipinski definition) is 1. The molecule has 0 saturated carbocycles. The van der Waals surface area contributed by atoms with E-state index in [1.807, 2.05) is 6.20 Å². The zero-order valence-corrected chi connectivity index (χ0v) is 12.3. The van der Waals surface area contributed by atoms with Crippen LogP contribution >= 0.6 is 11.3 Å². The van der Waals surface area contributed by atoms with Gasteiger partial charge in [0.15, 0.2) is 0 Å². The highest BCUT2D eigenvalue weighted by molar-refractivity contribution is 7.11. The first-order chi connectivity index (χ1) is 8.62. The third-order valence-corrected chi connectivity index (χ3v) is 4.21. The topological polar surface area (TPSA) is 51.2 Å². The zero-order chi connectivity index (χ0) is 13.5. The van der Waals surface area contributed by atoms with Gasteiger partial charge >= 0.3 is 5.97 Å². The lowest BCUT2D eigenvalue weighted by molar-refractivity contribution is -0.144. The largest absolute Gasteiger partial charge is 0.468 e. The first-order valence-corrected chi connectivity index (χ1v) is 7.18. The average molecular weight is 270 g/mol. The van der Waals surface area contributed by atoms with Gasteiger partial charge in [0.25, 0.3) is 0 Å². The van der Waals surface area contributed by atoms with Crippen LogP contribution in [0.3, 0.4) is 0 Å². The van der Waals surface area contributed by atoms with E-state index in [9.17, 15) is 4.79 Å². The molecule has 0 fully saturated rings. The lowest BCUT2D eigenvalue weighted by Gasteiger charge is -2.21. The van der Waals surface area contributed by atoms with Crippen LogP contribution in [0.4, 0.5) is 0 Å². The van der Waals surface area contributed by atoms with Gasteiger partial charge in [0.05, 0.1) is 12.1 Å². The molecule has 0 saturated heterocycles. The monoisotopic (exact) mass is 270 g/mol. The first-order valence-electron chi connectivity index (χ1n) is 6.37. The molecule has 1 aromatic rings. The molecule has 4 nitrogen and oxygen atoms in total. The molecule has 0 aliphatic rings. The van der Waals surface area contributed by atoms with Gasteiger partial charge in [-0.05, 0) is 12.3 Å². The van der Waals surface area contributed by atoms with E-state index in [0.29, 0.717) is 6.54 Å². The van der Waals surface area contributed by atoms with Crippen molar-refractivity contribution in [2.24, 2.45) is 5.92 Å². The number of methoxy groups -OCH3 is 1. The minimum atomic E-state index is -0.243. The Labute approximate surface area is 113 Å². The number of esters is 1. The minimum Gasteiger partial charge on any atom is -0.468 e. The van der Waals surface area contributed by atoms with Gasteiger partial charge in [-0.25, -0.2) is 4.98 Å². The molecule has 0 bridgehead atoms. The molecule has 1 aromatic heterocycles. The summed E-state index contributed by atoms with van der Waals surface area (Å²) in [7, 11) is 1.43. The Morgan fingerprint density at radius 1 is 1.56 bits per heavy atom. The second-order valence-electron chi connectivity index (χ2n) is 4.34. The van der Waals surface area contributed by atoms with Crippen LogP contribution in [0, 0.1) is 5.92 Å². The Morgan fingerprint density at radius 2 is 2.28 bits per heavy atom. The summed E-state index contributed by atoms with van der Waals surface area (Å²) < 4.78 is 4.84. The van der Waals surface area contributed by atoms with Crippen LogP contribution < -0.4 is 5.32 Å². The lowest BCUT2D eigenvalue weighted by atomic mass is 9.99. The second kappa shape index (κ2) is 7.48. The fourth-order valence-electron chi connectivity index (χ4n) is 1.68. The molecule has 2 atom stereocenters. The Hall–Kier alpha value is -0.940. The molecule has 18 heavy (non-hydrogen) atoms. The van der Waals surface area contributed by atoms with Crippen molar-refractivity contribution in [1.82, 2.24) is 10.3 Å². The molecule has 0 amide bonds. The van der Waals surface area contributed by atoms with Gasteiger partial charge in [0, 0.05) is 17.6 Å². The standard InChI is InChI=1S/C13H22N2O2S/c1-5-9(3)12(13(16)17-4)15-8-10-7-14-11(6-2)18-10/h7,9,12,15H,5-6,8H2,1-4H3. The van der Waals surface area contributed by atoms with Crippen molar-refractivity contribution in [1.29, 1.82) is 0 Å². The van der Waals surface area contributed by atoms with Crippen molar-refractivity contribution in [3.05, 3.63) is 16.1 Å². The van der Waals surface area contributed by atoms with Gasteiger partial charge in [-0.3, -0.25) is 10.1 Å². The van der Waals surface area contributed by atoms with Crippen molar-refractivity contribution in [2.75, 3.05) is 7.11 Å². The van der Waals surface area contributed by atoms with E-state index in [1.54, 1.807) is 11.3 Å². The van der Waals surface area contributed by atoms with Crippen LogP contribution in [0.5, 0.6) is 0 Å². The van der Waals surface area contributed by atoms with Crippen molar-refractivity contribution >= 4 is 17.3 Å². The molecule has 0 spiro atoms. The average Bonchev–Trinajstić information content (AvgIpc) is 2.86.